The predicted octanol–water partition coefficient (Wildman–Crippen LogP) is -0.591. The third-order valence-electron chi connectivity index (χ3n) is 3.94. The van der Waals surface area contributed by atoms with Crippen molar-refractivity contribution in [1.29, 1.82) is 0 Å². The number of phosphoric ester groups is 1. The lowest BCUT2D eigenvalue weighted by atomic mass is 10.2. The van der Waals surface area contributed by atoms with Gasteiger partial charge in [0.15, 0.2) is 17.0 Å². The zero-order valence-corrected chi connectivity index (χ0v) is 18.6. The van der Waals surface area contributed by atoms with E-state index in [0.29, 0.717) is 0 Å². The van der Waals surface area contributed by atoms with Crippen molar-refractivity contribution in [2.45, 2.75) is 24.9 Å². The first kappa shape index (κ1) is 25.1. The Hall–Kier alpha value is -1.52. The lowest BCUT2D eigenvalue weighted by Crippen LogP contribution is -2.26. The van der Waals surface area contributed by atoms with Crippen molar-refractivity contribution < 1.29 is 61.0 Å². The molecule has 21 heteroatoms. The molecule has 3 rings (SSSR count). The number of imidazole rings is 1. The molecule has 0 aliphatic carbocycles. The van der Waals surface area contributed by atoms with E-state index in [2.05, 4.69) is 28.1 Å². The van der Waals surface area contributed by atoms with Gasteiger partial charge in [0.05, 0.1) is 26.1 Å². The summed E-state index contributed by atoms with van der Waals surface area (Å²) in [7, 11) is -15.2. The summed E-state index contributed by atoms with van der Waals surface area (Å²) < 4.78 is 57.4. The quantitative estimate of drug-likeness (QED) is 0.225. The average molecular weight is 521 g/mol. The van der Waals surface area contributed by atoms with Gasteiger partial charge in [-0.15, -0.1) is 0 Å². The number of nitrogens with zero attached hydrogens (tertiary/aromatic N) is 4. The molecule has 5 atom stereocenters. The third-order valence-corrected chi connectivity index (χ3v) is 7.75. The second-order valence-electron chi connectivity index (χ2n) is 6.24. The number of aromatic nitrogens is 4. The highest BCUT2D eigenvalue weighted by Gasteiger charge is 2.43. The molecule has 0 bridgehead atoms. The predicted molar refractivity (Wildman–Crippen MR) is 101 cm³/mol. The minimum absolute atomic E-state index is 0.0355. The molecular formula is C11H18N5O13P3. The molecule has 0 amide bonds. The monoisotopic (exact) mass is 521 g/mol. The van der Waals surface area contributed by atoms with Crippen molar-refractivity contribution in [1.82, 2.24) is 19.5 Å². The molecule has 7 N–H and O–H groups in total. The smallest absolute Gasteiger partial charge is 0.467 e. The number of hydrogen-bond acceptors (Lipinski definition) is 13. The number of hydrogen-bond donors (Lipinski definition) is 6. The number of nitrogens with two attached hydrogens (primary N) is 1. The molecule has 2 unspecified atom stereocenters. The Bertz CT molecular complexity index is 1140. The summed E-state index contributed by atoms with van der Waals surface area (Å²) in [5.74, 6) is 0.0355. The fourth-order valence-electron chi connectivity index (χ4n) is 2.73. The Labute approximate surface area is 178 Å². The largest absolute Gasteiger partial charge is 0.490 e. The van der Waals surface area contributed by atoms with Crippen LogP contribution in [0.4, 0.5) is 5.82 Å². The summed E-state index contributed by atoms with van der Waals surface area (Å²) in [5.41, 5.74) is 6.25. The highest BCUT2D eigenvalue weighted by atomic mass is 31.3. The van der Waals surface area contributed by atoms with Gasteiger partial charge in [0.25, 0.3) is 0 Å². The van der Waals surface area contributed by atoms with Crippen LogP contribution in [0, 0.1) is 0 Å². The number of aliphatic hydroxyl groups is 1. The number of fused-ring (bicyclic) bond motifs is 1. The summed E-state index contributed by atoms with van der Waals surface area (Å²) in [5, 5.41) is 10.2. The van der Waals surface area contributed by atoms with E-state index in [9.17, 15) is 23.7 Å². The van der Waals surface area contributed by atoms with Gasteiger partial charge in [0.1, 0.15) is 12.3 Å². The van der Waals surface area contributed by atoms with Gasteiger partial charge >= 0.3 is 29.5 Å². The van der Waals surface area contributed by atoms with Gasteiger partial charge in [-0.3, -0.25) is 9.09 Å². The maximum atomic E-state index is 11.8. The van der Waals surface area contributed by atoms with Crippen molar-refractivity contribution in [2.75, 3.05) is 19.5 Å². The summed E-state index contributed by atoms with van der Waals surface area (Å²) in [4.78, 5) is 47.8. The van der Waals surface area contributed by atoms with Crippen LogP contribution in [0.3, 0.4) is 0 Å². The van der Waals surface area contributed by atoms with E-state index >= 15 is 0 Å². The zero-order chi connectivity index (χ0) is 23.9. The topological polar surface area (TPSA) is 268 Å². The number of phosphoric acid groups is 3. The second-order valence-corrected chi connectivity index (χ2v) is 10.7. The minimum Gasteiger partial charge on any atom is -0.467 e. The Morgan fingerprint density at radius 2 is 1.88 bits per heavy atom. The number of ether oxygens (including phenoxy) is 2. The van der Waals surface area contributed by atoms with Crippen molar-refractivity contribution in [3.8, 4) is 6.01 Å². The van der Waals surface area contributed by atoms with Crippen LogP contribution in [0.5, 0.6) is 6.01 Å². The van der Waals surface area contributed by atoms with Crippen LogP contribution in [-0.4, -0.2) is 70.1 Å². The van der Waals surface area contributed by atoms with Crippen molar-refractivity contribution >= 4 is 40.4 Å². The number of anilines is 1. The van der Waals surface area contributed by atoms with Crippen LogP contribution < -0.4 is 10.5 Å². The molecule has 2 aromatic heterocycles. The molecular weight excluding hydrogens is 503 g/mol. The molecule has 2 aromatic rings. The molecule has 0 spiro atoms. The van der Waals surface area contributed by atoms with Crippen LogP contribution in [0.2, 0.25) is 0 Å². The number of nitrogen functional groups attached to an aromatic ring is 1. The van der Waals surface area contributed by atoms with E-state index in [1.54, 1.807) is 0 Å². The van der Waals surface area contributed by atoms with E-state index in [-0.39, 0.29) is 29.4 Å². The van der Waals surface area contributed by atoms with Crippen molar-refractivity contribution in [2.24, 2.45) is 0 Å². The molecule has 1 aliphatic heterocycles. The Kier molecular flexibility index (Phi) is 7.08. The van der Waals surface area contributed by atoms with E-state index < -0.39 is 48.5 Å². The lowest BCUT2D eigenvalue weighted by molar-refractivity contribution is -0.0423. The maximum Gasteiger partial charge on any atom is 0.490 e. The van der Waals surface area contributed by atoms with Crippen LogP contribution >= 0.6 is 23.5 Å². The Morgan fingerprint density at radius 3 is 2.50 bits per heavy atom. The Morgan fingerprint density at radius 1 is 1.19 bits per heavy atom. The van der Waals surface area contributed by atoms with Gasteiger partial charge in [-0.2, -0.15) is 18.6 Å². The zero-order valence-electron chi connectivity index (χ0n) is 15.9. The average Bonchev–Trinajstić information content (AvgIpc) is 3.20. The SMILES string of the molecule is COc1nc(N)c2ncn([C@H]3C[C@H](O)[C@@H](COP(=O)(O)OP(=O)(O)OP(=O)(O)O)O3)c2n1. The highest BCUT2D eigenvalue weighted by molar-refractivity contribution is 7.66. The van der Waals surface area contributed by atoms with E-state index in [4.69, 9.17) is 29.9 Å². The van der Waals surface area contributed by atoms with E-state index in [1.165, 1.54) is 18.0 Å². The first-order chi connectivity index (χ1) is 14.7. The van der Waals surface area contributed by atoms with Gasteiger partial charge in [-0.05, 0) is 0 Å². The molecule has 180 valence electrons. The molecule has 0 aromatic carbocycles. The van der Waals surface area contributed by atoms with Crippen LogP contribution in [-0.2, 0) is 31.6 Å². The van der Waals surface area contributed by atoms with Gasteiger partial charge in [0, 0.05) is 6.42 Å². The lowest BCUT2D eigenvalue weighted by Gasteiger charge is -2.19. The molecule has 32 heavy (non-hydrogen) atoms. The van der Waals surface area contributed by atoms with Gasteiger partial charge < -0.3 is 39.9 Å². The van der Waals surface area contributed by atoms with Gasteiger partial charge in [-0.25, -0.2) is 18.7 Å². The Balaban J connectivity index is 1.68. The molecule has 0 saturated carbocycles. The van der Waals surface area contributed by atoms with Crippen molar-refractivity contribution in [3.05, 3.63) is 6.33 Å². The van der Waals surface area contributed by atoms with Crippen LogP contribution in [0.1, 0.15) is 12.6 Å². The van der Waals surface area contributed by atoms with Gasteiger partial charge in [0.2, 0.25) is 0 Å². The summed E-state index contributed by atoms with van der Waals surface area (Å²) >= 11 is 0. The second kappa shape index (κ2) is 9.02. The first-order valence-corrected chi connectivity index (χ1v) is 12.9. The molecule has 1 saturated heterocycles. The fraction of sp³-hybridized carbons (Fsp3) is 0.545. The third kappa shape index (κ3) is 6.08. The molecule has 3 heterocycles. The van der Waals surface area contributed by atoms with Gasteiger partial charge in [-0.1, -0.05) is 0 Å². The summed E-state index contributed by atoms with van der Waals surface area (Å²) in [6.07, 6.45) is -2.04. The maximum absolute atomic E-state index is 11.8. The van der Waals surface area contributed by atoms with Crippen LogP contribution in [0.15, 0.2) is 6.33 Å². The highest BCUT2D eigenvalue weighted by Crippen LogP contribution is 2.66. The number of methoxy groups -OCH3 is 1. The molecule has 1 fully saturated rings. The molecule has 1 aliphatic rings. The molecule has 0 radical (unpaired) electrons. The van der Waals surface area contributed by atoms with E-state index in [1.807, 2.05) is 0 Å². The number of aliphatic hydroxyl groups excluding tert-OH is 1. The summed E-state index contributed by atoms with van der Waals surface area (Å²) in [6.45, 7) is -0.811. The van der Waals surface area contributed by atoms with Crippen LogP contribution in [0.25, 0.3) is 11.2 Å². The summed E-state index contributed by atoms with van der Waals surface area (Å²) in [6, 6.07) is -0.0421. The van der Waals surface area contributed by atoms with E-state index in [0.717, 1.165) is 0 Å². The molecule has 18 nitrogen and oxygen atoms in total. The number of rotatable bonds is 9. The minimum atomic E-state index is -5.66. The standard InChI is InChI=1S/C11H18N5O13P3/c1-25-11-14-9(12)8-10(15-11)16(4-13-8)7-2-5(17)6(27-7)3-26-31(21,22)29-32(23,24)28-30(18,19)20/h4-7,17H,2-3H2,1H3,(H,21,22)(H,23,24)(H2,12,14,15)(H2,18,19,20)/t5-,6+,7+/m0/s1. The fourth-order valence-corrected chi connectivity index (χ4v) is 5.76. The van der Waals surface area contributed by atoms with Crippen molar-refractivity contribution in [3.63, 3.8) is 0 Å². The normalized spacial score (nSPS) is 25.5. The first-order valence-electron chi connectivity index (χ1n) is 8.35.